The molecular weight excluding hydrogens is 308 g/mol. The molecule has 0 aromatic rings. The maximum absolute atomic E-state index is 11.1. The molecule has 1 N–H and O–H groups in total. The fourth-order valence-electron chi connectivity index (χ4n) is 2.60. The normalized spacial score (nSPS) is 13.7. The van der Waals surface area contributed by atoms with Gasteiger partial charge in [-0.15, -0.1) is 0 Å². The van der Waals surface area contributed by atoms with Gasteiger partial charge in [0.1, 0.15) is 0 Å². The average Bonchev–Trinajstić information content (AvgIpc) is 2.50. The highest BCUT2D eigenvalue weighted by Crippen LogP contribution is 2.12. The molecule has 0 rings (SSSR count). The summed E-state index contributed by atoms with van der Waals surface area (Å²) in [5.74, 6) is 0. The lowest BCUT2D eigenvalue weighted by atomic mass is 10.1. The molecule has 0 aliphatic carbocycles. The number of hydrogen-bond acceptors (Lipinski definition) is 3. The molecule has 0 aromatic carbocycles. The van der Waals surface area contributed by atoms with Crippen molar-refractivity contribution in [1.82, 2.24) is 0 Å². The minimum Gasteiger partial charge on any atom is -0.377 e. The number of sulfone groups is 1. The molecule has 0 aromatic heterocycles. The Balaban J connectivity index is 3.25. The van der Waals surface area contributed by atoms with E-state index < -0.39 is 15.3 Å². The first-order chi connectivity index (χ1) is 11.0. The molecule has 0 heterocycles. The van der Waals surface area contributed by atoms with Crippen LogP contribution in [0.1, 0.15) is 96.8 Å². The monoisotopic (exact) mass is 346 g/mol. The van der Waals surface area contributed by atoms with Gasteiger partial charge in [-0.2, -0.15) is 0 Å². The van der Waals surface area contributed by atoms with Gasteiger partial charge >= 0.3 is 0 Å². The molecule has 0 radical (unpaired) electrons. The largest absolute Gasteiger partial charge is 0.377 e. The first-order valence-electron chi connectivity index (χ1n) is 9.50. The molecule has 0 amide bonds. The Labute approximate surface area is 144 Å². The number of rotatable bonds is 16. The highest BCUT2D eigenvalue weighted by molar-refractivity contribution is 7.91. The Hall–Kier alpha value is -0.350. The number of aliphatic hydroxyl groups excluding tert-OH is 1. The van der Waals surface area contributed by atoms with Crippen molar-refractivity contribution in [3.63, 3.8) is 0 Å². The quantitative estimate of drug-likeness (QED) is 0.301. The Kier molecular flexibility index (Phi) is 15.0. The van der Waals surface area contributed by atoms with E-state index in [0.29, 0.717) is 6.42 Å². The zero-order valence-corrected chi connectivity index (χ0v) is 16.1. The molecule has 4 heteroatoms. The minimum atomic E-state index is -3.28. The van der Waals surface area contributed by atoms with Gasteiger partial charge in [0.15, 0.2) is 15.3 Å². The molecule has 138 valence electrons. The van der Waals surface area contributed by atoms with Crippen LogP contribution in [0.2, 0.25) is 0 Å². The van der Waals surface area contributed by atoms with Crippen LogP contribution >= 0.6 is 0 Å². The average molecular weight is 347 g/mol. The molecule has 23 heavy (non-hydrogen) atoms. The SMILES string of the molecule is CCCCCCCC/C=C\CCCCCCCC(O)S(C)(=O)=O. The smallest absolute Gasteiger partial charge is 0.173 e. The van der Waals surface area contributed by atoms with Crippen molar-refractivity contribution in [1.29, 1.82) is 0 Å². The third kappa shape index (κ3) is 16.3. The van der Waals surface area contributed by atoms with Crippen LogP contribution < -0.4 is 0 Å². The van der Waals surface area contributed by atoms with Gasteiger partial charge in [-0.3, -0.25) is 0 Å². The zero-order chi connectivity index (χ0) is 17.4. The van der Waals surface area contributed by atoms with Crippen LogP contribution in [-0.4, -0.2) is 25.2 Å². The van der Waals surface area contributed by atoms with E-state index in [1.54, 1.807) is 0 Å². The van der Waals surface area contributed by atoms with E-state index in [1.807, 2.05) is 0 Å². The molecule has 0 aliphatic heterocycles. The third-order valence-electron chi connectivity index (χ3n) is 4.21. The van der Waals surface area contributed by atoms with Gasteiger partial charge in [-0.05, 0) is 38.5 Å². The van der Waals surface area contributed by atoms with Gasteiger partial charge in [0.05, 0.1) is 0 Å². The number of unbranched alkanes of at least 4 members (excludes halogenated alkanes) is 11. The number of allylic oxidation sites excluding steroid dienone is 2. The number of hydrogen-bond donors (Lipinski definition) is 1. The van der Waals surface area contributed by atoms with Crippen LogP contribution in [0, 0.1) is 0 Å². The van der Waals surface area contributed by atoms with Gasteiger partial charge in [-0.25, -0.2) is 8.42 Å². The standard InChI is InChI=1S/C19H38O3S/c1-3-4-5-6-7-8-9-10-11-12-13-14-15-16-17-18-19(20)23(2,21)22/h10-11,19-20H,3-9,12-18H2,1-2H3/b11-10-. The van der Waals surface area contributed by atoms with E-state index in [4.69, 9.17) is 0 Å². The second-order valence-electron chi connectivity index (χ2n) is 6.66. The summed E-state index contributed by atoms with van der Waals surface area (Å²) in [4.78, 5) is 0. The van der Waals surface area contributed by atoms with Crippen molar-refractivity contribution in [2.75, 3.05) is 6.26 Å². The zero-order valence-electron chi connectivity index (χ0n) is 15.3. The van der Waals surface area contributed by atoms with Crippen molar-refractivity contribution in [3.05, 3.63) is 12.2 Å². The number of aliphatic hydroxyl groups is 1. The van der Waals surface area contributed by atoms with E-state index in [1.165, 1.54) is 57.8 Å². The van der Waals surface area contributed by atoms with Crippen molar-refractivity contribution in [2.45, 2.75) is 102 Å². The summed E-state index contributed by atoms with van der Waals surface area (Å²) in [6.45, 7) is 2.25. The molecule has 0 aliphatic rings. The molecule has 3 nitrogen and oxygen atoms in total. The van der Waals surface area contributed by atoms with Crippen LogP contribution in [-0.2, 0) is 9.84 Å². The molecule has 1 unspecified atom stereocenters. The summed E-state index contributed by atoms with van der Waals surface area (Å²) in [5.41, 5.74) is -1.17. The Bertz CT molecular complexity index is 374. The van der Waals surface area contributed by atoms with Crippen LogP contribution in [0.4, 0.5) is 0 Å². The van der Waals surface area contributed by atoms with Gasteiger partial charge in [-0.1, -0.05) is 70.4 Å². The Morgan fingerprint density at radius 2 is 1.22 bits per heavy atom. The lowest BCUT2D eigenvalue weighted by Gasteiger charge is -2.07. The van der Waals surface area contributed by atoms with Crippen molar-refractivity contribution in [3.8, 4) is 0 Å². The molecule has 0 saturated carbocycles. The van der Waals surface area contributed by atoms with Crippen molar-refractivity contribution >= 4 is 9.84 Å². The molecule has 0 spiro atoms. The predicted molar refractivity (Wildman–Crippen MR) is 100 cm³/mol. The van der Waals surface area contributed by atoms with Gasteiger partial charge in [0.2, 0.25) is 0 Å². The fourth-order valence-corrected chi connectivity index (χ4v) is 3.20. The second kappa shape index (κ2) is 15.2. The van der Waals surface area contributed by atoms with E-state index in [0.717, 1.165) is 31.9 Å². The predicted octanol–water partition coefficient (Wildman–Crippen LogP) is 5.39. The summed E-state index contributed by atoms with van der Waals surface area (Å²) in [5, 5.41) is 9.39. The topological polar surface area (TPSA) is 54.4 Å². The molecular formula is C19H38O3S. The van der Waals surface area contributed by atoms with Crippen LogP contribution in [0.25, 0.3) is 0 Å². The fraction of sp³-hybridized carbons (Fsp3) is 0.895. The molecule has 0 saturated heterocycles. The van der Waals surface area contributed by atoms with Crippen LogP contribution in [0.3, 0.4) is 0 Å². The lowest BCUT2D eigenvalue weighted by Crippen LogP contribution is -2.18. The summed E-state index contributed by atoms with van der Waals surface area (Å²) in [6.07, 6.45) is 22.0. The summed E-state index contributed by atoms with van der Waals surface area (Å²) in [6, 6.07) is 0. The maximum Gasteiger partial charge on any atom is 0.173 e. The van der Waals surface area contributed by atoms with Crippen LogP contribution in [0.5, 0.6) is 0 Å². The minimum absolute atomic E-state index is 0.372. The summed E-state index contributed by atoms with van der Waals surface area (Å²) < 4.78 is 22.1. The first-order valence-corrected chi connectivity index (χ1v) is 11.5. The van der Waals surface area contributed by atoms with Crippen molar-refractivity contribution in [2.24, 2.45) is 0 Å². The van der Waals surface area contributed by atoms with Crippen molar-refractivity contribution < 1.29 is 13.5 Å². The van der Waals surface area contributed by atoms with E-state index >= 15 is 0 Å². The third-order valence-corrected chi connectivity index (χ3v) is 5.43. The van der Waals surface area contributed by atoms with E-state index in [2.05, 4.69) is 19.1 Å². The van der Waals surface area contributed by atoms with Gasteiger partial charge in [0, 0.05) is 6.26 Å². The Morgan fingerprint density at radius 1 is 0.783 bits per heavy atom. The highest BCUT2D eigenvalue weighted by atomic mass is 32.2. The van der Waals surface area contributed by atoms with Gasteiger partial charge < -0.3 is 5.11 Å². The second-order valence-corrected chi connectivity index (χ2v) is 8.86. The van der Waals surface area contributed by atoms with E-state index in [9.17, 15) is 13.5 Å². The van der Waals surface area contributed by atoms with Gasteiger partial charge in [0.25, 0.3) is 0 Å². The van der Waals surface area contributed by atoms with E-state index in [-0.39, 0.29) is 0 Å². The maximum atomic E-state index is 11.1. The molecule has 1 atom stereocenters. The summed E-state index contributed by atoms with van der Waals surface area (Å²) >= 11 is 0. The molecule has 0 fully saturated rings. The molecule has 0 bridgehead atoms. The Morgan fingerprint density at radius 3 is 1.70 bits per heavy atom. The summed E-state index contributed by atoms with van der Waals surface area (Å²) in [7, 11) is -3.28. The van der Waals surface area contributed by atoms with Crippen LogP contribution in [0.15, 0.2) is 12.2 Å². The first kappa shape index (κ1) is 22.6. The lowest BCUT2D eigenvalue weighted by molar-refractivity contribution is 0.234. The highest BCUT2D eigenvalue weighted by Gasteiger charge is 2.15.